The second kappa shape index (κ2) is 6.56. The van der Waals surface area contributed by atoms with Gasteiger partial charge in [-0.05, 0) is 36.1 Å². The first-order valence-corrected chi connectivity index (χ1v) is 9.00. The zero-order valence-corrected chi connectivity index (χ0v) is 14.4. The minimum atomic E-state index is -0.577. The number of hydrogen-bond donors (Lipinski definition) is 2. The number of halogens is 1. The molecule has 4 rings (SSSR count). The van der Waals surface area contributed by atoms with Crippen LogP contribution in [0.15, 0.2) is 48.5 Å². The van der Waals surface area contributed by atoms with E-state index in [2.05, 4.69) is 22.8 Å². The summed E-state index contributed by atoms with van der Waals surface area (Å²) < 4.78 is 13.4. The summed E-state index contributed by atoms with van der Waals surface area (Å²) in [5.41, 5.74) is 2.29. The molecule has 0 unspecified atom stereocenters. The van der Waals surface area contributed by atoms with Crippen molar-refractivity contribution in [1.82, 2.24) is 5.32 Å². The van der Waals surface area contributed by atoms with Gasteiger partial charge >= 0.3 is 0 Å². The number of benzene rings is 2. The molecule has 2 N–H and O–H groups in total. The summed E-state index contributed by atoms with van der Waals surface area (Å²) >= 11 is 0. The van der Waals surface area contributed by atoms with Crippen molar-refractivity contribution in [3.63, 3.8) is 0 Å². The van der Waals surface area contributed by atoms with Gasteiger partial charge < -0.3 is 10.6 Å². The first-order chi connectivity index (χ1) is 12.6. The van der Waals surface area contributed by atoms with Gasteiger partial charge in [0.1, 0.15) is 5.82 Å². The maximum atomic E-state index is 13.4. The van der Waals surface area contributed by atoms with Crippen molar-refractivity contribution >= 4 is 17.5 Å². The summed E-state index contributed by atoms with van der Waals surface area (Å²) in [7, 11) is 0. The highest BCUT2D eigenvalue weighted by Crippen LogP contribution is 2.43. The Morgan fingerprint density at radius 3 is 2.65 bits per heavy atom. The maximum Gasteiger partial charge on any atom is 0.228 e. The van der Waals surface area contributed by atoms with Gasteiger partial charge in [-0.15, -0.1) is 0 Å². The molecular weight excluding hydrogens is 331 g/mol. The van der Waals surface area contributed by atoms with Gasteiger partial charge in [0, 0.05) is 24.1 Å². The van der Waals surface area contributed by atoms with Gasteiger partial charge in [-0.2, -0.15) is 0 Å². The van der Waals surface area contributed by atoms with Crippen molar-refractivity contribution in [2.75, 3.05) is 11.9 Å². The standard InChI is InChI=1S/C21H21FN2O2/c22-15-7-8-16-17(12-19(25)24-18(16)11-15)20(26)23-13-21(9-4-10-21)14-5-2-1-3-6-14/h1-3,5-8,11,17H,4,9-10,12-13H2,(H,23,26)(H,24,25)/t17-/m1/s1. The van der Waals surface area contributed by atoms with Crippen molar-refractivity contribution < 1.29 is 14.0 Å². The first kappa shape index (κ1) is 16.8. The molecule has 1 saturated carbocycles. The fourth-order valence-corrected chi connectivity index (χ4v) is 4.01. The molecule has 2 aromatic carbocycles. The average molecular weight is 352 g/mol. The molecule has 1 aliphatic heterocycles. The second-order valence-corrected chi connectivity index (χ2v) is 7.25. The molecule has 2 amide bonds. The third-order valence-electron chi connectivity index (χ3n) is 5.67. The van der Waals surface area contributed by atoms with Crippen LogP contribution in [0.1, 0.15) is 42.7 Å². The Morgan fingerprint density at radius 1 is 1.19 bits per heavy atom. The van der Waals surface area contributed by atoms with E-state index in [1.165, 1.54) is 17.7 Å². The van der Waals surface area contributed by atoms with Gasteiger partial charge in [-0.25, -0.2) is 4.39 Å². The van der Waals surface area contributed by atoms with Gasteiger partial charge in [0.25, 0.3) is 0 Å². The lowest BCUT2D eigenvalue weighted by molar-refractivity contribution is -0.126. The lowest BCUT2D eigenvalue weighted by atomic mass is 9.64. The zero-order chi connectivity index (χ0) is 18.1. The highest BCUT2D eigenvalue weighted by molar-refractivity contribution is 6.01. The SMILES string of the molecule is O=C1C[C@@H](C(=O)NCC2(c3ccccc3)CCC2)c2ccc(F)cc2N1. The smallest absolute Gasteiger partial charge is 0.228 e. The molecule has 1 fully saturated rings. The summed E-state index contributed by atoms with van der Waals surface area (Å²) in [4.78, 5) is 24.8. The Morgan fingerprint density at radius 2 is 1.96 bits per heavy atom. The van der Waals surface area contributed by atoms with Crippen LogP contribution in [0, 0.1) is 5.82 Å². The molecule has 1 heterocycles. The number of hydrogen-bond acceptors (Lipinski definition) is 2. The molecule has 0 bridgehead atoms. The molecule has 1 atom stereocenters. The maximum absolute atomic E-state index is 13.4. The summed E-state index contributed by atoms with van der Waals surface area (Å²) in [5.74, 6) is -1.44. The van der Waals surface area contributed by atoms with E-state index in [1.807, 2.05) is 18.2 Å². The largest absolute Gasteiger partial charge is 0.355 e. The van der Waals surface area contributed by atoms with Crippen LogP contribution in [0.5, 0.6) is 0 Å². The summed E-state index contributed by atoms with van der Waals surface area (Å²) in [5, 5.41) is 5.70. The Hall–Kier alpha value is -2.69. The monoisotopic (exact) mass is 352 g/mol. The molecule has 0 aromatic heterocycles. The van der Waals surface area contributed by atoms with E-state index in [0.29, 0.717) is 17.8 Å². The third-order valence-corrected chi connectivity index (χ3v) is 5.67. The van der Waals surface area contributed by atoms with E-state index in [0.717, 1.165) is 19.3 Å². The highest BCUT2D eigenvalue weighted by Gasteiger charge is 2.40. The topological polar surface area (TPSA) is 58.2 Å². The Kier molecular flexibility index (Phi) is 4.23. The summed E-state index contributed by atoms with van der Waals surface area (Å²) in [6.45, 7) is 0.560. The summed E-state index contributed by atoms with van der Waals surface area (Å²) in [6.07, 6.45) is 3.33. The second-order valence-electron chi connectivity index (χ2n) is 7.25. The molecule has 0 radical (unpaired) electrons. The van der Waals surface area contributed by atoms with Gasteiger partial charge in [-0.1, -0.05) is 42.8 Å². The van der Waals surface area contributed by atoms with Crippen LogP contribution in [-0.4, -0.2) is 18.4 Å². The van der Waals surface area contributed by atoms with Crippen LogP contribution >= 0.6 is 0 Å². The van der Waals surface area contributed by atoms with Gasteiger partial charge in [0.05, 0.1) is 5.92 Å². The highest BCUT2D eigenvalue weighted by atomic mass is 19.1. The predicted molar refractivity (Wildman–Crippen MR) is 97.4 cm³/mol. The van der Waals surface area contributed by atoms with Crippen LogP contribution in [0.2, 0.25) is 0 Å². The average Bonchev–Trinajstić information content (AvgIpc) is 2.60. The van der Waals surface area contributed by atoms with Crippen molar-refractivity contribution in [3.8, 4) is 0 Å². The first-order valence-electron chi connectivity index (χ1n) is 9.00. The molecule has 1 aliphatic carbocycles. The Labute approximate surface area is 151 Å². The fraction of sp³-hybridized carbons (Fsp3) is 0.333. The predicted octanol–water partition coefficient (Wildman–Crippen LogP) is 3.49. The van der Waals surface area contributed by atoms with E-state index in [-0.39, 0.29) is 23.7 Å². The molecule has 4 nitrogen and oxygen atoms in total. The molecule has 134 valence electrons. The van der Waals surface area contributed by atoms with Crippen LogP contribution in [0.3, 0.4) is 0 Å². The lowest BCUT2D eigenvalue weighted by Crippen LogP contribution is -2.47. The molecule has 0 saturated heterocycles. The molecule has 26 heavy (non-hydrogen) atoms. The quantitative estimate of drug-likeness (QED) is 0.885. The minimum absolute atomic E-state index is 0.0144. The number of amides is 2. The number of carbonyl (C=O) groups is 2. The van der Waals surface area contributed by atoms with Crippen LogP contribution in [0.25, 0.3) is 0 Å². The van der Waals surface area contributed by atoms with Crippen molar-refractivity contribution in [2.45, 2.75) is 37.0 Å². The Balaban J connectivity index is 1.51. The minimum Gasteiger partial charge on any atom is -0.355 e. The number of fused-ring (bicyclic) bond motifs is 1. The van der Waals surface area contributed by atoms with Crippen molar-refractivity contribution in [2.24, 2.45) is 0 Å². The van der Waals surface area contributed by atoms with E-state index in [4.69, 9.17) is 0 Å². The van der Waals surface area contributed by atoms with Gasteiger partial charge in [0.15, 0.2) is 0 Å². The summed E-state index contributed by atoms with van der Waals surface area (Å²) in [6, 6.07) is 14.4. The van der Waals surface area contributed by atoms with Gasteiger partial charge in [-0.3, -0.25) is 9.59 Å². The number of anilines is 1. The van der Waals surface area contributed by atoms with Crippen molar-refractivity contribution in [1.29, 1.82) is 0 Å². The van der Waals surface area contributed by atoms with Crippen LogP contribution < -0.4 is 10.6 Å². The number of nitrogens with one attached hydrogen (secondary N) is 2. The van der Waals surface area contributed by atoms with Crippen molar-refractivity contribution in [3.05, 3.63) is 65.5 Å². The normalized spacial score (nSPS) is 20.5. The molecule has 2 aliphatic rings. The number of carbonyl (C=O) groups excluding carboxylic acids is 2. The zero-order valence-electron chi connectivity index (χ0n) is 14.4. The third kappa shape index (κ3) is 2.98. The fourth-order valence-electron chi connectivity index (χ4n) is 4.01. The molecular formula is C21H21FN2O2. The lowest BCUT2D eigenvalue weighted by Gasteiger charge is -2.43. The van der Waals surface area contributed by atoms with E-state index < -0.39 is 11.7 Å². The van der Waals surface area contributed by atoms with Crippen LogP contribution in [-0.2, 0) is 15.0 Å². The molecule has 5 heteroatoms. The Bertz CT molecular complexity index is 846. The van der Waals surface area contributed by atoms with E-state index >= 15 is 0 Å². The molecule has 0 spiro atoms. The molecule has 2 aromatic rings. The van der Waals surface area contributed by atoms with Gasteiger partial charge in [0.2, 0.25) is 11.8 Å². The van der Waals surface area contributed by atoms with Crippen LogP contribution in [0.4, 0.5) is 10.1 Å². The van der Waals surface area contributed by atoms with E-state index in [9.17, 15) is 14.0 Å². The van der Waals surface area contributed by atoms with E-state index in [1.54, 1.807) is 6.07 Å². The number of rotatable bonds is 4.